The predicted molar refractivity (Wildman–Crippen MR) is 61.6 cm³/mol. The summed E-state index contributed by atoms with van der Waals surface area (Å²) in [6.07, 6.45) is 0. The van der Waals surface area contributed by atoms with Gasteiger partial charge in [-0.3, -0.25) is 0 Å². The Bertz CT molecular complexity index is 534. The molecule has 2 N–H and O–H groups in total. The molecular weight excluding hydrogens is 220 g/mol. The zero-order valence-electron chi connectivity index (χ0n) is 8.83. The van der Waals surface area contributed by atoms with Crippen molar-refractivity contribution >= 4 is 5.97 Å². The highest BCUT2D eigenvalue weighted by Gasteiger charge is 2.09. The van der Waals surface area contributed by atoms with Gasteiger partial charge in [-0.05, 0) is 30.3 Å². The number of phenols is 1. The fourth-order valence-corrected chi connectivity index (χ4v) is 1.34. The number of aromatic carboxylic acids is 1. The summed E-state index contributed by atoms with van der Waals surface area (Å²) in [7, 11) is 0. The molecule has 0 saturated carbocycles. The number of aromatic hydroxyl groups is 1. The van der Waals surface area contributed by atoms with Gasteiger partial charge < -0.3 is 14.9 Å². The summed E-state index contributed by atoms with van der Waals surface area (Å²) in [4.78, 5) is 10.8. The van der Waals surface area contributed by atoms with Gasteiger partial charge in [-0.2, -0.15) is 0 Å². The van der Waals surface area contributed by atoms with E-state index in [9.17, 15) is 9.90 Å². The second kappa shape index (κ2) is 4.57. The van der Waals surface area contributed by atoms with Crippen LogP contribution in [0, 0.1) is 0 Å². The summed E-state index contributed by atoms with van der Waals surface area (Å²) in [5.41, 5.74) is 0.0636. The van der Waals surface area contributed by atoms with E-state index in [1.54, 1.807) is 24.3 Å². The summed E-state index contributed by atoms with van der Waals surface area (Å²) >= 11 is 0. The quantitative estimate of drug-likeness (QED) is 0.850. The highest BCUT2D eigenvalue weighted by molar-refractivity contribution is 5.88. The third-order valence-electron chi connectivity index (χ3n) is 2.18. The van der Waals surface area contributed by atoms with E-state index in [2.05, 4.69) is 0 Å². The maximum absolute atomic E-state index is 10.8. The third-order valence-corrected chi connectivity index (χ3v) is 2.18. The van der Waals surface area contributed by atoms with Crippen molar-refractivity contribution in [3.05, 3.63) is 54.1 Å². The first-order valence-electron chi connectivity index (χ1n) is 4.96. The van der Waals surface area contributed by atoms with Crippen LogP contribution in [-0.4, -0.2) is 16.2 Å². The zero-order chi connectivity index (χ0) is 12.3. The summed E-state index contributed by atoms with van der Waals surface area (Å²) in [5, 5.41) is 18.4. The van der Waals surface area contributed by atoms with Crippen molar-refractivity contribution < 1.29 is 19.7 Å². The molecule has 0 aliphatic carbocycles. The van der Waals surface area contributed by atoms with Gasteiger partial charge in [-0.1, -0.05) is 18.2 Å². The fraction of sp³-hybridized carbons (Fsp3) is 0. The molecule has 0 spiro atoms. The Labute approximate surface area is 97.7 Å². The third kappa shape index (κ3) is 2.55. The lowest BCUT2D eigenvalue weighted by Crippen LogP contribution is -1.96. The molecule has 0 fully saturated rings. The number of carbonyl (C=O) groups is 1. The van der Waals surface area contributed by atoms with Crippen molar-refractivity contribution in [3.63, 3.8) is 0 Å². The number of carboxylic acids is 1. The first kappa shape index (κ1) is 11.0. The van der Waals surface area contributed by atoms with Gasteiger partial charge in [0.05, 0.1) is 5.56 Å². The van der Waals surface area contributed by atoms with Crippen LogP contribution in [0.25, 0.3) is 0 Å². The van der Waals surface area contributed by atoms with Gasteiger partial charge >= 0.3 is 5.97 Å². The second-order valence-corrected chi connectivity index (χ2v) is 3.40. The van der Waals surface area contributed by atoms with Gasteiger partial charge in [0, 0.05) is 0 Å². The predicted octanol–water partition coefficient (Wildman–Crippen LogP) is 2.88. The van der Waals surface area contributed by atoms with E-state index in [1.165, 1.54) is 18.2 Å². The standard InChI is InChI=1S/C13H10O4/c14-11-7-6-9(13(15)16)8-12(11)17-10-4-2-1-3-5-10/h1-8,14H,(H,15,16). The van der Waals surface area contributed by atoms with Gasteiger partial charge in [0.1, 0.15) is 5.75 Å². The van der Waals surface area contributed by atoms with E-state index in [1.807, 2.05) is 6.07 Å². The number of hydrogen-bond acceptors (Lipinski definition) is 3. The molecule has 0 atom stereocenters. The number of hydrogen-bond donors (Lipinski definition) is 2. The Hall–Kier alpha value is -2.49. The zero-order valence-corrected chi connectivity index (χ0v) is 8.83. The first-order chi connectivity index (χ1) is 8.16. The molecule has 0 aromatic heterocycles. The summed E-state index contributed by atoms with van der Waals surface area (Å²) in [5.74, 6) is -0.511. The molecule has 4 nitrogen and oxygen atoms in total. The molecule has 0 aliphatic heterocycles. The van der Waals surface area contributed by atoms with Crippen LogP contribution in [-0.2, 0) is 0 Å². The minimum atomic E-state index is -1.07. The Morgan fingerprint density at radius 3 is 2.41 bits per heavy atom. The van der Waals surface area contributed by atoms with Crippen LogP contribution in [0.4, 0.5) is 0 Å². The number of rotatable bonds is 3. The van der Waals surface area contributed by atoms with Gasteiger partial charge in [-0.15, -0.1) is 0 Å². The number of ether oxygens (including phenoxy) is 1. The normalized spacial score (nSPS) is 9.88. The van der Waals surface area contributed by atoms with E-state index in [-0.39, 0.29) is 17.1 Å². The van der Waals surface area contributed by atoms with Crippen molar-refractivity contribution in [2.75, 3.05) is 0 Å². The summed E-state index contributed by atoms with van der Waals surface area (Å²) in [6, 6.07) is 12.7. The molecule has 2 aromatic carbocycles. The van der Waals surface area contributed by atoms with Gasteiger partial charge in [0.25, 0.3) is 0 Å². The van der Waals surface area contributed by atoms with E-state index in [0.29, 0.717) is 5.75 Å². The van der Waals surface area contributed by atoms with Crippen molar-refractivity contribution in [2.24, 2.45) is 0 Å². The van der Waals surface area contributed by atoms with Crippen LogP contribution >= 0.6 is 0 Å². The Morgan fingerprint density at radius 1 is 1.06 bits per heavy atom. The molecular formula is C13H10O4. The van der Waals surface area contributed by atoms with Crippen LogP contribution < -0.4 is 4.74 Å². The molecule has 2 rings (SSSR count). The van der Waals surface area contributed by atoms with Gasteiger partial charge in [0.15, 0.2) is 11.5 Å². The van der Waals surface area contributed by atoms with Crippen molar-refractivity contribution in [2.45, 2.75) is 0 Å². The maximum atomic E-state index is 10.8. The Kier molecular flexibility index (Phi) is 2.96. The monoisotopic (exact) mass is 230 g/mol. The summed E-state index contributed by atoms with van der Waals surface area (Å²) in [6.45, 7) is 0. The lowest BCUT2D eigenvalue weighted by molar-refractivity contribution is 0.0696. The van der Waals surface area contributed by atoms with Crippen LogP contribution in [0.1, 0.15) is 10.4 Å². The average molecular weight is 230 g/mol. The maximum Gasteiger partial charge on any atom is 0.335 e. The number of para-hydroxylation sites is 1. The lowest BCUT2D eigenvalue weighted by Gasteiger charge is -2.07. The molecule has 0 aliphatic rings. The lowest BCUT2D eigenvalue weighted by atomic mass is 10.2. The topological polar surface area (TPSA) is 66.8 Å². The number of benzene rings is 2. The number of carboxylic acid groups (broad SMARTS) is 1. The van der Waals surface area contributed by atoms with Crippen LogP contribution in [0.15, 0.2) is 48.5 Å². The van der Waals surface area contributed by atoms with Crippen molar-refractivity contribution in [1.29, 1.82) is 0 Å². The minimum absolute atomic E-state index is 0.0636. The summed E-state index contributed by atoms with van der Waals surface area (Å²) < 4.78 is 5.39. The highest BCUT2D eigenvalue weighted by atomic mass is 16.5. The van der Waals surface area contributed by atoms with Crippen LogP contribution in [0.3, 0.4) is 0 Å². The van der Waals surface area contributed by atoms with Crippen LogP contribution in [0.2, 0.25) is 0 Å². The fourth-order valence-electron chi connectivity index (χ4n) is 1.34. The molecule has 86 valence electrons. The van der Waals surface area contributed by atoms with E-state index >= 15 is 0 Å². The molecule has 0 radical (unpaired) electrons. The largest absolute Gasteiger partial charge is 0.504 e. The van der Waals surface area contributed by atoms with Crippen LogP contribution in [0.5, 0.6) is 17.2 Å². The molecule has 0 unspecified atom stereocenters. The smallest absolute Gasteiger partial charge is 0.335 e. The van der Waals surface area contributed by atoms with Crippen molar-refractivity contribution in [1.82, 2.24) is 0 Å². The van der Waals surface area contributed by atoms with E-state index in [4.69, 9.17) is 9.84 Å². The Balaban J connectivity index is 2.32. The molecule has 0 amide bonds. The molecule has 2 aromatic rings. The van der Waals surface area contributed by atoms with E-state index < -0.39 is 5.97 Å². The molecule has 4 heteroatoms. The SMILES string of the molecule is O=C(O)c1ccc(O)c(Oc2ccccc2)c1. The molecule has 0 saturated heterocycles. The minimum Gasteiger partial charge on any atom is -0.504 e. The van der Waals surface area contributed by atoms with E-state index in [0.717, 1.165) is 0 Å². The average Bonchev–Trinajstić information content (AvgIpc) is 2.33. The first-order valence-corrected chi connectivity index (χ1v) is 4.96. The van der Waals surface area contributed by atoms with Crippen molar-refractivity contribution in [3.8, 4) is 17.2 Å². The van der Waals surface area contributed by atoms with Gasteiger partial charge in [0.2, 0.25) is 0 Å². The molecule has 0 bridgehead atoms. The highest BCUT2D eigenvalue weighted by Crippen LogP contribution is 2.31. The Morgan fingerprint density at radius 2 is 1.76 bits per heavy atom. The number of phenolic OH excluding ortho intramolecular Hbond substituents is 1. The second-order valence-electron chi connectivity index (χ2n) is 3.40. The molecule has 17 heavy (non-hydrogen) atoms. The molecule has 0 heterocycles. The van der Waals surface area contributed by atoms with Gasteiger partial charge in [-0.25, -0.2) is 4.79 Å².